The average Bonchev–Trinajstić information content (AvgIpc) is 4.13. The molecule has 1 amide bonds. The van der Waals surface area contributed by atoms with Crippen molar-refractivity contribution >= 4 is 17.8 Å². The lowest BCUT2D eigenvalue weighted by molar-refractivity contribution is -0.201. The Morgan fingerprint density at radius 3 is 2.31 bits per heavy atom. The Balaban J connectivity index is 0.954. The molecule has 2 saturated heterocycles. The van der Waals surface area contributed by atoms with Gasteiger partial charge in [0.1, 0.15) is 11.9 Å². The summed E-state index contributed by atoms with van der Waals surface area (Å²) >= 11 is 0. The number of amides is 1. The Bertz CT molecular complexity index is 2160. The second-order valence-electron chi connectivity index (χ2n) is 25.0. The van der Waals surface area contributed by atoms with Crippen LogP contribution in [0.2, 0.25) is 0 Å². The first-order chi connectivity index (χ1) is 31.9. The van der Waals surface area contributed by atoms with Gasteiger partial charge in [-0.05, 0) is 162 Å². The summed E-state index contributed by atoms with van der Waals surface area (Å²) in [5, 5.41) is 9.79. The lowest BCUT2D eigenvalue weighted by atomic mass is 9.37. The number of benzene rings is 1. The van der Waals surface area contributed by atoms with Crippen molar-refractivity contribution in [3.63, 3.8) is 0 Å². The highest BCUT2D eigenvalue weighted by atomic mass is 16.5. The number of ether oxygens (including phenoxy) is 1. The second kappa shape index (κ2) is 18.4. The molecule has 5 saturated carbocycles. The van der Waals surface area contributed by atoms with Gasteiger partial charge in [0.15, 0.2) is 0 Å². The summed E-state index contributed by atoms with van der Waals surface area (Å²) in [4.78, 5) is 52.1. The van der Waals surface area contributed by atoms with Crippen LogP contribution in [-0.4, -0.2) is 74.6 Å². The molecule has 67 heavy (non-hydrogen) atoms. The quantitative estimate of drug-likeness (QED) is 0.140. The van der Waals surface area contributed by atoms with E-state index in [1.165, 1.54) is 37.9 Å². The minimum absolute atomic E-state index is 0.00932. The van der Waals surface area contributed by atoms with E-state index in [1.807, 2.05) is 13.8 Å². The Hall–Kier alpha value is -3.46. The molecule has 1 N–H and O–H groups in total. The third-order valence-electron chi connectivity index (χ3n) is 21.3. The fraction of sp³-hybridized carbons (Fsp3) is 0.759. The van der Waals surface area contributed by atoms with E-state index in [0.717, 1.165) is 120 Å². The maximum atomic E-state index is 16.0. The number of rotatable bonds is 15. The molecule has 2 aromatic rings. The number of likely N-dealkylation sites (tertiary alicyclic amines) is 2. The Morgan fingerprint density at radius 2 is 1.63 bits per heavy atom. The number of fused-ring (bicyclic) bond motifs is 5. The average molecular weight is 919 g/mol. The number of esters is 1. The van der Waals surface area contributed by atoms with Crippen molar-refractivity contribution in [1.82, 2.24) is 19.4 Å². The third kappa shape index (κ3) is 8.17. The number of imidazole rings is 1. The molecule has 5 aliphatic carbocycles. The van der Waals surface area contributed by atoms with Crippen LogP contribution in [0.25, 0.3) is 11.3 Å². The van der Waals surface area contributed by atoms with Gasteiger partial charge in [0, 0.05) is 36.8 Å². The first kappa shape index (κ1) is 48.6. The molecule has 2 aliphatic heterocycles. The summed E-state index contributed by atoms with van der Waals surface area (Å²) < 4.78 is 8.99. The number of aromatic nitrogens is 2. The van der Waals surface area contributed by atoms with Crippen LogP contribution >= 0.6 is 0 Å². The highest BCUT2D eigenvalue weighted by Gasteiger charge is 2.69. The number of nitrogens with zero attached hydrogens (tertiary/aromatic N) is 4. The topological polar surface area (TPSA) is 105 Å². The molecule has 9 rings (SSSR count). The van der Waals surface area contributed by atoms with Gasteiger partial charge in [-0.2, -0.15) is 0 Å². The Labute approximate surface area is 403 Å². The summed E-state index contributed by atoms with van der Waals surface area (Å²) in [6.07, 6.45) is 19.7. The van der Waals surface area contributed by atoms with E-state index in [1.54, 1.807) is 0 Å². The third-order valence-corrected chi connectivity index (χ3v) is 21.3. The second-order valence-corrected chi connectivity index (χ2v) is 25.0. The molecule has 0 unspecified atom stereocenters. The minimum Gasteiger partial charge on any atom is -0.481 e. The van der Waals surface area contributed by atoms with E-state index in [-0.39, 0.29) is 45.7 Å². The fourth-order valence-corrected chi connectivity index (χ4v) is 16.6. The first-order valence-electron chi connectivity index (χ1n) is 27.1. The molecule has 7 aliphatic rings. The monoisotopic (exact) mass is 919 g/mol. The van der Waals surface area contributed by atoms with Crippen molar-refractivity contribution < 1.29 is 24.2 Å². The van der Waals surface area contributed by atoms with Gasteiger partial charge in [0.2, 0.25) is 5.91 Å². The standard InChI is InChI=1S/C58H86N4O5/c1-10-11-21-48(67-52(65)45-36-44(51(63)64)55(45,6)7)54(4,5)40-24-26-56(8)41(35-40)22-23-43-49-42(38(2)3)25-27-58(49,29-28-57(43,56)9)53(66)62-32-17-20-47(62)50-59-46(39-18-13-12-14-19-39)37-61(50)34-33-60-30-15-16-31-60/h12-14,18-19,37,40-45,47-49H,2,10-11,15-17,20-36H2,1,3-9H3,(H,63,64)/t40-,41-,42+,43-,44+,45-,47+,48+,49-,56-,57-,58+/m1/s1. The predicted octanol–water partition coefficient (Wildman–Crippen LogP) is 12.4. The van der Waals surface area contributed by atoms with Crippen LogP contribution in [0.4, 0.5) is 0 Å². The zero-order valence-corrected chi connectivity index (χ0v) is 42.8. The number of unbranched alkanes of at least 4 members (excludes halogenated alkanes) is 1. The Kier molecular flexibility index (Phi) is 13.3. The molecular formula is C58H86N4O5. The highest BCUT2D eigenvalue weighted by Crippen LogP contribution is 2.74. The maximum absolute atomic E-state index is 16.0. The van der Waals surface area contributed by atoms with Crippen LogP contribution in [0.5, 0.6) is 0 Å². The molecule has 9 heteroatoms. The van der Waals surface area contributed by atoms with Gasteiger partial charge >= 0.3 is 11.9 Å². The zero-order valence-electron chi connectivity index (χ0n) is 42.8. The SMILES string of the molecule is C=C(C)[C@@H]1CC[C@]2(C(=O)N3CCC[C@H]3c3nc(-c4ccccc4)cn3CCN3CCCC3)CC[C@]3(C)[C@H](CC[C@@H]4C[C@H](C(C)(C)[C@H](CCCC)OC(=O)[C@H]5C[C@@H](C(=O)O)C5(C)C)CC[C@]43C)[C@@H]12. The first-order valence-corrected chi connectivity index (χ1v) is 27.1. The molecular weight excluding hydrogens is 833 g/mol. The summed E-state index contributed by atoms with van der Waals surface area (Å²) in [6.45, 7) is 28.0. The van der Waals surface area contributed by atoms with Gasteiger partial charge in [-0.3, -0.25) is 14.4 Å². The number of allylic oxidation sites excluding steroid dienone is 1. The van der Waals surface area contributed by atoms with E-state index in [4.69, 9.17) is 9.72 Å². The predicted molar refractivity (Wildman–Crippen MR) is 266 cm³/mol. The Morgan fingerprint density at radius 1 is 0.881 bits per heavy atom. The van der Waals surface area contributed by atoms with Crippen molar-refractivity contribution in [2.45, 2.75) is 183 Å². The van der Waals surface area contributed by atoms with Crippen LogP contribution in [0.15, 0.2) is 48.7 Å². The molecule has 0 radical (unpaired) electrons. The van der Waals surface area contributed by atoms with Crippen LogP contribution in [-0.2, 0) is 25.7 Å². The van der Waals surface area contributed by atoms with Gasteiger partial charge in [-0.15, -0.1) is 0 Å². The van der Waals surface area contributed by atoms with Gasteiger partial charge in [0.25, 0.3) is 0 Å². The maximum Gasteiger partial charge on any atom is 0.309 e. The smallest absolute Gasteiger partial charge is 0.309 e. The largest absolute Gasteiger partial charge is 0.481 e. The van der Waals surface area contributed by atoms with Gasteiger partial charge in [-0.1, -0.05) is 104 Å². The molecule has 1 aromatic carbocycles. The number of carboxylic acid groups (broad SMARTS) is 1. The van der Waals surface area contributed by atoms with Crippen molar-refractivity contribution in [2.75, 3.05) is 26.2 Å². The molecule has 9 nitrogen and oxygen atoms in total. The van der Waals surface area contributed by atoms with Crippen LogP contribution < -0.4 is 0 Å². The molecule has 7 fully saturated rings. The van der Waals surface area contributed by atoms with Gasteiger partial charge in [0.05, 0.1) is 29.0 Å². The van der Waals surface area contributed by atoms with E-state index in [2.05, 4.69) is 99.0 Å². The number of aliphatic carboxylic acids is 1. The zero-order chi connectivity index (χ0) is 47.7. The lowest BCUT2D eigenvalue weighted by Gasteiger charge is -2.68. The molecule has 3 heterocycles. The number of hydrogen-bond donors (Lipinski definition) is 1. The van der Waals surface area contributed by atoms with Crippen LogP contribution in [0.1, 0.15) is 176 Å². The minimum atomic E-state index is -0.815. The molecule has 0 spiro atoms. The van der Waals surface area contributed by atoms with E-state index >= 15 is 4.79 Å². The van der Waals surface area contributed by atoms with Gasteiger partial charge < -0.3 is 24.2 Å². The lowest BCUT2D eigenvalue weighted by Crippen LogP contribution is -2.63. The summed E-state index contributed by atoms with van der Waals surface area (Å²) in [5.41, 5.74) is 2.50. The highest BCUT2D eigenvalue weighted by molar-refractivity contribution is 5.85. The molecule has 0 bridgehead atoms. The number of carbonyl (C=O) groups excluding carboxylic acids is 2. The fourth-order valence-electron chi connectivity index (χ4n) is 16.6. The molecule has 1 aromatic heterocycles. The summed E-state index contributed by atoms with van der Waals surface area (Å²) in [5.74, 6) is 1.72. The van der Waals surface area contributed by atoms with E-state index in [9.17, 15) is 14.7 Å². The number of hydrogen-bond acceptors (Lipinski definition) is 6. The normalized spacial score (nSPS) is 36.4. The molecule has 12 atom stereocenters. The van der Waals surface area contributed by atoms with E-state index in [0.29, 0.717) is 41.9 Å². The molecule has 368 valence electrons. The van der Waals surface area contributed by atoms with Crippen molar-refractivity contribution in [1.29, 1.82) is 0 Å². The van der Waals surface area contributed by atoms with Gasteiger partial charge in [-0.25, -0.2) is 4.98 Å². The number of carbonyl (C=O) groups is 3. The van der Waals surface area contributed by atoms with Crippen LogP contribution in [0.3, 0.4) is 0 Å². The number of carboxylic acids is 1. The van der Waals surface area contributed by atoms with E-state index < -0.39 is 17.3 Å². The van der Waals surface area contributed by atoms with Crippen molar-refractivity contribution in [3.05, 3.63) is 54.5 Å². The van der Waals surface area contributed by atoms with Crippen LogP contribution in [0, 0.1) is 68.5 Å². The van der Waals surface area contributed by atoms with Crippen molar-refractivity contribution in [3.8, 4) is 11.3 Å². The summed E-state index contributed by atoms with van der Waals surface area (Å²) in [6, 6.07) is 10.6. The summed E-state index contributed by atoms with van der Waals surface area (Å²) in [7, 11) is 0. The van der Waals surface area contributed by atoms with Crippen molar-refractivity contribution in [2.24, 2.45) is 68.5 Å².